The van der Waals surface area contributed by atoms with E-state index in [4.69, 9.17) is 0 Å². The van der Waals surface area contributed by atoms with Gasteiger partial charge in [-0.15, -0.1) is 0 Å². The van der Waals surface area contributed by atoms with Crippen LogP contribution >= 0.6 is 0 Å². The number of nitrogens with one attached hydrogen (secondary N) is 1. The monoisotopic (exact) mass is 312 g/mol. The van der Waals surface area contributed by atoms with E-state index in [1.54, 1.807) is 17.0 Å². The molecule has 3 rings (SSSR count). The van der Waals surface area contributed by atoms with Gasteiger partial charge in [-0.25, -0.2) is 0 Å². The lowest BCUT2D eigenvalue weighted by Crippen LogP contribution is -3.13. The maximum absolute atomic E-state index is 10.7. The average molecular weight is 312 g/mol. The molecule has 0 saturated carbocycles. The highest BCUT2D eigenvalue weighted by Gasteiger charge is 2.20. The first-order valence-electron chi connectivity index (χ1n) is 8.00. The van der Waals surface area contributed by atoms with E-state index in [1.807, 2.05) is 12.1 Å². The second-order valence-corrected chi connectivity index (χ2v) is 6.18. The van der Waals surface area contributed by atoms with Crippen LogP contribution in [0.1, 0.15) is 11.1 Å². The predicted molar refractivity (Wildman–Crippen MR) is 90.9 cm³/mol. The zero-order chi connectivity index (χ0) is 16.2. The van der Waals surface area contributed by atoms with Gasteiger partial charge in [-0.05, 0) is 19.1 Å². The summed E-state index contributed by atoms with van der Waals surface area (Å²) in [6.45, 7) is 7.34. The first-order chi connectivity index (χ1) is 11.1. The summed E-state index contributed by atoms with van der Waals surface area (Å²) in [5.41, 5.74) is 3.93. The Labute approximate surface area is 136 Å². The van der Waals surface area contributed by atoms with E-state index >= 15 is 0 Å². The summed E-state index contributed by atoms with van der Waals surface area (Å²) in [5, 5.41) is 10.7. The molecular formula is C18H22N3O2+. The van der Waals surface area contributed by atoms with Crippen molar-refractivity contribution in [2.75, 3.05) is 31.1 Å². The van der Waals surface area contributed by atoms with Crippen molar-refractivity contribution in [2.45, 2.75) is 13.5 Å². The minimum atomic E-state index is -0.353. The van der Waals surface area contributed by atoms with Gasteiger partial charge in [0.15, 0.2) is 0 Å². The molecule has 0 radical (unpaired) electrons. The number of nitrogens with zero attached hydrogens (tertiary/aromatic N) is 2. The molecule has 1 aliphatic heterocycles. The van der Waals surface area contributed by atoms with Crippen molar-refractivity contribution in [1.82, 2.24) is 0 Å². The number of aryl methyl sites for hydroxylation is 1. The Morgan fingerprint density at radius 2 is 1.83 bits per heavy atom. The Balaban J connectivity index is 1.56. The van der Waals surface area contributed by atoms with Crippen LogP contribution in [0.4, 0.5) is 11.4 Å². The molecule has 2 aromatic carbocycles. The van der Waals surface area contributed by atoms with Crippen LogP contribution in [-0.4, -0.2) is 31.1 Å². The lowest BCUT2D eigenvalue weighted by Gasteiger charge is -2.33. The fourth-order valence-corrected chi connectivity index (χ4v) is 3.15. The number of benzene rings is 2. The van der Waals surface area contributed by atoms with E-state index in [9.17, 15) is 10.1 Å². The van der Waals surface area contributed by atoms with E-state index in [0.717, 1.165) is 38.4 Å². The summed E-state index contributed by atoms with van der Waals surface area (Å²) < 4.78 is 0. The molecule has 0 spiro atoms. The number of piperazine rings is 1. The lowest BCUT2D eigenvalue weighted by molar-refractivity contribution is -0.914. The quantitative estimate of drug-likeness (QED) is 0.692. The molecule has 5 heteroatoms. The smallest absolute Gasteiger partial charge is 0.269 e. The number of hydrogen-bond donors (Lipinski definition) is 1. The molecule has 0 aromatic heterocycles. The predicted octanol–water partition coefficient (Wildman–Crippen LogP) is 1.81. The van der Waals surface area contributed by atoms with Crippen LogP contribution in [0, 0.1) is 17.0 Å². The van der Waals surface area contributed by atoms with Gasteiger partial charge in [0.1, 0.15) is 6.54 Å². The number of non-ortho nitro benzene ring substituents is 1. The molecule has 0 amide bonds. The van der Waals surface area contributed by atoms with Crippen LogP contribution in [-0.2, 0) is 6.54 Å². The zero-order valence-corrected chi connectivity index (χ0v) is 13.4. The van der Waals surface area contributed by atoms with Gasteiger partial charge in [-0.1, -0.05) is 29.8 Å². The summed E-state index contributed by atoms with van der Waals surface area (Å²) in [7, 11) is 0. The first kappa shape index (κ1) is 15.5. The second kappa shape index (κ2) is 6.79. The van der Waals surface area contributed by atoms with Crippen LogP contribution < -0.4 is 9.80 Å². The second-order valence-electron chi connectivity index (χ2n) is 6.18. The van der Waals surface area contributed by atoms with Gasteiger partial charge < -0.3 is 9.80 Å². The number of anilines is 1. The van der Waals surface area contributed by atoms with Crippen molar-refractivity contribution in [1.29, 1.82) is 0 Å². The van der Waals surface area contributed by atoms with Crippen molar-refractivity contribution < 1.29 is 9.82 Å². The SMILES string of the molecule is Cc1cccc(C[NH+]2CCN(c3ccc([N+](=O)[O-])cc3)CC2)c1. The minimum absolute atomic E-state index is 0.150. The molecule has 120 valence electrons. The van der Waals surface area contributed by atoms with Crippen molar-refractivity contribution in [3.05, 3.63) is 69.8 Å². The van der Waals surface area contributed by atoms with E-state index in [1.165, 1.54) is 11.1 Å². The summed E-state index contributed by atoms with van der Waals surface area (Å²) in [4.78, 5) is 14.3. The molecule has 1 N–H and O–H groups in total. The van der Waals surface area contributed by atoms with E-state index < -0.39 is 0 Å². The van der Waals surface area contributed by atoms with Crippen LogP contribution in [0.2, 0.25) is 0 Å². The fourth-order valence-electron chi connectivity index (χ4n) is 3.15. The molecule has 0 unspecified atom stereocenters. The third kappa shape index (κ3) is 3.87. The van der Waals surface area contributed by atoms with E-state index in [0.29, 0.717) is 0 Å². The normalized spacial score (nSPS) is 15.6. The highest BCUT2D eigenvalue weighted by atomic mass is 16.6. The summed E-state index contributed by atoms with van der Waals surface area (Å²) in [6.07, 6.45) is 0. The van der Waals surface area contributed by atoms with Crippen molar-refractivity contribution >= 4 is 11.4 Å². The van der Waals surface area contributed by atoms with Gasteiger partial charge in [-0.3, -0.25) is 10.1 Å². The maximum atomic E-state index is 10.7. The van der Waals surface area contributed by atoms with Gasteiger partial charge >= 0.3 is 0 Å². The molecule has 0 bridgehead atoms. The molecule has 0 atom stereocenters. The Morgan fingerprint density at radius 1 is 1.13 bits per heavy atom. The molecule has 1 saturated heterocycles. The third-order valence-electron chi connectivity index (χ3n) is 4.43. The van der Waals surface area contributed by atoms with Crippen LogP contribution in [0.5, 0.6) is 0 Å². The number of rotatable bonds is 4. The molecular weight excluding hydrogens is 290 g/mol. The maximum Gasteiger partial charge on any atom is 0.269 e. The number of nitro benzene ring substituents is 1. The topological polar surface area (TPSA) is 50.8 Å². The molecule has 0 aliphatic carbocycles. The van der Waals surface area contributed by atoms with Crippen molar-refractivity contribution in [3.63, 3.8) is 0 Å². The van der Waals surface area contributed by atoms with Gasteiger partial charge in [0.25, 0.3) is 5.69 Å². The number of nitro groups is 1. The van der Waals surface area contributed by atoms with Gasteiger partial charge in [0.2, 0.25) is 0 Å². The molecule has 1 aliphatic rings. The number of quaternary nitrogens is 1. The molecule has 2 aromatic rings. The first-order valence-corrected chi connectivity index (χ1v) is 8.00. The largest absolute Gasteiger partial charge is 0.360 e. The fraction of sp³-hybridized carbons (Fsp3) is 0.333. The van der Waals surface area contributed by atoms with Crippen LogP contribution in [0.25, 0.3) is 0 Å². The van der Waals surface area contributed by atoms with Crippen LogP contribution in [0.3, 0.4) is 0 Å². The Hall–Kier alpha value is -2.40. The minimum Gasteiger partial charge on any atom is -0.360 e. The van der Waals surface area contributed by atoms with E-state index in [2.05, 4.69) is 36.1 Å². The van der Waals surface area contributed by atoms with Gasteiger partial charge in [-0.2, -0.15) is 0 Å². The molecule has 5 nitrogen and oxygen atoms in total. The Morgan fingerprint density at radius 3 is 2.43 bits per heavy atom. The Bertz CT molecular complexity index is 677. The van der Waals surface area contributed by atoms with Gasteiger partial charge in [0.05, 0.1) is 31.1 Å². The molecule has 23 heavy (non-hydrogen) atoms. The molecule has 1 fully saturated rings. The summed E-state index contributed by atoms with van der Waals surface area (Å²) >= 11 is 0. The van der Waals surface area contributed by atoms with Gasteiger partial charge in [0, 0.05) is 23.4 Å². The highest BCUT2D eigenvalue weighted by Crippen LogP contribution is 2.19. The lowest BCUT2D eigenvalue weighted by atomic mass is 10.1. The zero-order valence-electron chi connectivity index (χ0n) is 13.4. The average Bonchev–Trinajstić information content (AvgIpc) is 2.56. The highest BCUT2D eigenvalue weighted by molar-refractivity contribution is 5.51. The van der Waals surface area contributed by atoms with Crippen molar-refractivity contribution in [2.24, 2.45) is 0 Å². The number of hydrogen-bond acceptors (Lipinski definition) is 3. The summed E-state index contributed by atoms with van der Waals surface area (Å²) in [5.74, 6) is 0. The Kier molecular flexibility index (Phi) is 4.57. The van der Waals surface area contributed by atoms with Crippen molar-refractivity contribution in [3.8, 4) is 0 Å². The van der Waals surface area contributed by atoms with E-state index in [-0.39, 0.29) is 10.6 Å². The third-order valence-corrected chi connectivity index (χ3v) is 4.43. The standard InChI is InChI=1S/C18H21N3O2/c1-15-3-2-4-16(13-15)14-19-9-11-20(12-10-19)17-5-7-18(8-6-17)21(22)23/h2-8,13H,9-12,14H2,1H3/p+1. The van der Waals surface area contributed by atoms with Crippen LogP contribution in [0.15, 0.2) is 48.5 Å². The molecule has 1 heterocycles. The summed E-state index contributed by atoms with van der Waals surface area (Å²) in [6, 6.07) is 15.6.